The molecule has 0 amide bonds. The molecule has 0 saturated carbocycles. The Morgan fingerprint density at radius 1 is 1.00 bits per heavy atom. The SMILES string of the molecule is O=C(O)c1cccn1Cc1cccc2ccccc12. The molecule has 0 aliphatic rings. The van der Waals surface area contributed by atoms with Crippen LogP contribution in [-0.2, 0) is 6.54 Å². The fourth-order valence-corrected chi connectivity index (χ4v) is 2.36. The summed E-state index contributed by atoms with van der Waals surface area (Å²) in [6.45, 7) is 0.565. The summed E-state index contributed by atoms with van der Waals surface area (Å²) < 4.78 is 1.75. The number of carbonyl (C=O) groups is 1. The molecule has 3 heteroatoms. The van der Waals surface area contributed by atoms with Crippen molar-refractivity contribution in [2.75, 3.05) is 0 Å². The van der Waals surface area contributed by atoms with E-state index in [9.17, 15) is 4.79 Å². The molecule has 1 N–H and O–H groups in total. The third-order valence-corrected chi connectivity index (χ3v) is 3.27. The second-order valence-corrected chi connectivity index (χ2v) is 4.46. The average molecular weight is 251 g/mol. The van der Waals surface area contributed by atoms with Crippen LogP contribution in [0.2, 0.25) is 0 Å². The average Bonchev–Trinajstić information content (AvgIpc) is 2.87. The molecule has 3 rings (SSSR count). The van der Waals surface area contributed by atoms with Crippen LogP contribution in [0.4, 0.5) is 0 Å². The molecule has 0 aliphatic carbocycles. The first-order chi connectivity index (χ1) is 9.25. The minimum absolute atomic E-state index is 0.313. The minimum Gasteiger partial charge on any atom is -0.477 e. The van der Waals surface area contributed by atoms with Gasteiger partial charge in [-0.3, -0.25) is 0 Å². The molecular weight excluding hydrogens is 238 g/mol. The van der Waals surface area contributed by atoms with Crippen molar-refractivity contribution in [3.8, 4) is 0 Å². The Hall–Kier alpha value is -2.55. The highest BCUT2D eigenvalue weighted by molar-refractivity contribution is 5.87. The van der Waals surface area contributed by atoms with Crippen LogP contribution in [-0.4, -0.2) is 15.6 Å². The Morgan fingerprint density at radius 2 is 1.79 bits per heavy atom. The van der Waals surface area contributed by atoms with Gasteiger partial charge in [-0.1, -0.05) is 42.5 Å². The number of hydrogen-bond donors (Lipinski definition) is 1. The van der Waals surface area contributed by atoms with E-state index in [1.165, 1.54) is 5.39 Å². The van der Waals surface area contributed by atoms with E-state index >= 15 is 0 Å². The zero-order valence-electron chi connectivity index (χ0n) is 10.3. The van der Waals surface area contributed by atoms with Crippen LogP contribution in [0.3, 0.4) is 0 Å². The van der Waals surface area contributed by atoms with E-state index in [0.29, 0.717) is 12.2 Å². The zero-order chi connectivity index (χ0) is 13.2. The van der Waals surface area contributed by atoms with Gasteiger partial charge in [-0.15, -0.1) is 0 Å². The van der Waals surface area contributed by atoms with Crippen LogP contribution in [0.25, 0.3) is 10.8 Å². The fourth-order valence-electron chi connectivity index (χ4n) is 2.36. The van der Waals surface area contributed by atoms with Crippen molar-refractivity contribution in [3.63, 3.8) is 0 Å². The molecule has 94 valence electrons. The van der Waals surface area contributed by atoms with Crippen molar-refractivity contribution in [3.05, 3.63) is 72.1 Å². The third-order valence-electron chi connectivity index (χ3n) is 3.27. The van der Waals surface area contributed by atoms with Crippen LogP contribution < -0.4 is 0 Å². The van der Waals surface area contributed by atoms with Crippen molar-refractivity contribution in [1.29, 1.82) is 0 Å². The summed E-state index contributed by atoms with van der Waals surface area (Å²) in [6.07, 6.45) is 1.80. The van der Waals surface area contributed by atoms with E-state index in [1.54, 1.807) is 22.9 Å². The molecule has 3 nitrogen and oxygen atoms in total. The summed E-state index contributed by atoms with van der Waals surface area (Å²) in [7, 11) is 0. The number of fused-ring (bicyclic) bond motifs is 1. The van der Waals surface area contributed by atoms with Gasteiger partial charge in [0.15, 0.2) is 0 Å². The summed E-state index contributed by atoms with van der Waals surface area (Å²) in [4.78, 5) is 11.1. The first-order valence-corrected chi connectivity index (χ1v) is 6.11. The Balaban J connectivity index is 2.06. The highest BCUT2D eigenvalue weighted by Crippen LogP contribution is 2.20. The van der Waals surface area contributed by atoms with Gasteiger partial charge < -0.3 is 9.67 Å². The predicted octanol–water partition coefficient (Wildman–Crippen LogP) is 3.39. The van der Waals surface area contributed by atoms with Gasteiger partial charge >= 0.3 is 5.97 Å². The number of carboxylic acids is 1. The number of rotatable bonds is 3. The van der Waals surface area contributed by atoms with Gasteiger partial charge in [-0.25, -0.2) is 4.79 Å². The van der Waals surface area contributed by atoms with Gasteiger partial charge in [0, 0.05) is 12.7 Å². The maximum atomic E-state index is 11.1. The lowest BCUT2D eigenvalue weighted by Gasteiger charge is -2.09. The number of nitrogens with zero attached hydrogens (tertiary/aromatic N) is 1. The van der Waals surface area contributed by atoms with Crippen LogP contribution in [0.15, 0.2) is 60.8 Å². The van der Waals surface area contributed by atoms with E-state index in [-0.39, 0.29) is 0 Å². The lowest BCUT2D eigenvalue weighted by Crippen LogP contribution is -2.08. The summed E-state index contributed by atoms with van der Waals surface area (Å²) >= 11 is 0. The third kappa shape index (κ3) is 2.10. The number of hydrogen-bond acceptors (Lipinski definition) is 1. The molecule has 0 unspecified atom stereocenters. The maximum absolute atomic E-state index is 11.1. The van der Waals surface area contributed by atoms with Crippen LogP contribution in [0.5, 0.6) is 0 Å². The Kier molecular flexibility index (Phi) is 2.80. The Bertz CT molecular complexity index is 738. The van der Waals surface area contributed by atoms with Gasteiger partial charge in [0.05, 0.1) is 0 Å². The second-order valence-electron chi connectivity index (χ2n) is 4.46. The van der Waals surface area contributed by atoms with Gasteiger partial charge in [0.25, 0.3) is 0 Å². The summed E-state index contributed by atoms with van der Waals surface area (Å²) in [6, 6.07) is 17.6. The van der Waals surface area contributed by atoms with Crippen molar-refractivity contribution in [2.45, 2.75) is 6.54 Å². The topological polar surface area (TPSA) is 42.2 Å². The maximum Gasteiger partial charge on any atom is 0.352 e. The Labute approximate surface area is 110 Å². The summed E-state index contributed by atoms with van der Waals surface area (Å²) in [5.41, 5.74) is 1.43. The standard InChI is InChI=1S/C16H13NO2/c18-16(19)15-9-4-10-17(15)11-13-7-3-6-12-5-1-2-8-14(12)13/h1-10H,11H2,(H,18,19). The van der Waals surface area contributed by atoms with Gasteiger partial charge in [0.2, 0.25) is 0 Å². The van der Waals surface area contributed by atoms with E-state index in [0.717, 1.165) is 10.9 Å². The quantitative estimate of drug-likeness (QED) is 0.775. The lowest BCUT2D eigenvalue weighted by molar-refractivity contribution is 0.0685. The summed E-state index contributed by atoms with van der Waals surface area (Å²) in [5, 5.41) is 11.5. The monoisotopic (exact) mass is 251 g/mol. The van der Waals surface area contributed by atoms with Gasteiger partial charge in [-0.05, 0) is 28.5 Å². The largest absolute Gasteiger partial charge is 0.477 e. The van der Waals surface area contributed by atoms with E-state index in [2.05, 4.69) is 18.2 Å². The molecular formula is C16H13NO2. The van der Waals surface area contributed by atoms with E-state index in [4.69, 9.17) is 5.11 Å². The van der Waals surface area contributed by atoms with Crippen molar-refractivity contribution >= 4 is 16.7 Å². The molecule has 0 fully saturated rings. The lowest BCUT2D eigenvalue weighted by atomic mass is 10.0. The van der Waals surface area contributed by atoms with E-state index in [1.807, 2.05) is 24.3 Å². The number of aromatic carboxylic acids is 1. The van der Waals surface area contributed by atoms with Crippen molar-refractivity contribution in [1.82, 2.24) is 4.57 Å². The van der Waals surface area contributed by atoms with Crippen LogP contribution >= 0.6 is 0 Å². The summed E-state index contributed by atoms with van der Waals surface area (Å²) in [5.74, 6) is -0.898. The molecule has 0 spiro atoms. The highest BCUT2D eigenvalue weighted by Gasteiger charge is 2.09. The molecule has 1 heterocycles. The van der Waals surface area contributed by atoms with Crippen molar-refractivity contribution < 1.29 is 9.90 Å². The Morgan fingerprint density at radius 3 is 2.63 bits per heavy atom. The molecule has 0 bridgehead atoms. The van der Waals surface area contributed by atoms with Gasteiger partial charge in [0.1, 0.15) is 5.69 Å². The number of aromatic nitrogens is 1. The number of benzene rings is 2. The molecule has 0 saturated heterocycles. The zero-order valence-corrected chi connectivity index (χ0v) is 10.3. The molecule has 0 aliphatic heterocycles. The van der Waals surface area contributed by atoms with Crippen molar-refractivity contribution in [2.24, 2.45) is 0 Å². The number of carboxylic acid groups (broad SMARTS) is 1. The second kappa shape index (κ2) is 4.61. The molecule has 0 radical (unpaired) electrons. The molecule has 3 aromatic rings. The highest BCUT2D eigenvalue weighted by atomic mass is 16.4. The predicted molar refractivity (Wildman–Crippen MR) is 74.4 cm³/mol. The molecule has 1 aromatic heterocycles. The van der Waals surface area contributed by atoms with Gasteiger partial charge in [-0.2, -0.15) is 0 Å². The smallest absolute Gasteiger partial charge is 0.352 e. The van der Waals surface area contributed by atoms with Crippen LogP contribution in [0, 0.1) is 0 Å². The molecule has 19 heavy (non-hydrogen) atoms. The molecule has 0 atom stereocenters. The van der Waals surface area contributed by atoms with E-state index < -0.39 is 5.97 Å². The first-order valence-electron chi connectivity index (χ1n) is 6.11. The fraction of sp³-hybridized carbons (Fsp3) is 0.0625. The van der Waals surface area contributed by atoms with Crippen LogP contribution in [0.1, 0.15) is 16.1 Å². The molecule has 2 aromatic carbocycles. The first kappa shape index (κ1) is 11.5. The minimum atomic E-state index is -0.898. The normalized spacial score (nSPS) is 10.7.